The van der Waals surface area contributed by atoms with Crippen LogP contribution in [-0.4, -0.2) is 79.7 Å². The molecule has 0 amide bonds. The molecule has 0 unspecified atom stereocenters. The summed E-state index contributed by atoms with van der Waals surface area (Å²) in [6.07, 6.45) is 3.03. The maximum Gasteiger partial charge on any atom is 0.129 e. The molecule has 1 N–H and O–H groups in total. The first-order chi connectivity index (χ1) is 17.0. The van der Waals surface area contributed by atoms with E-state index in [1.54, 1.807) is 12.1 Å². The van der Waals surface area contributed by atoms with E-state index < -0.39 is 5.60 Å². The molecule has 190 valence electrons. The smallest absolute Gasteiger partial charge is 0.129 e. The lowest BCUT2D eigenvalue weighted by Crippen LogP contribution is -2.42. The molecule has 2 aromatic rings. The van der Waals surface area contributed by atoms with Gasteiger partial charge in [0.2, 0.25) is 0 Å². The highest BCUT2D eigenvalue weighted by molar-refractivity contribution is 6.30. The van der Waals surface area contributed by atoms with E-state index in [-0.39, 0.29) is 5.82 Å². The maximum atomic E-state index is 13.4. The van der Waals surface area contributed by atoms with Gasteiger partial charge in [0.25, 0.3) is 0 Å². The third-order valence-corrected chi connectivity index (χ3v) is 7.16. The zero-order valence-corrected chi connectivity index (χ0v) is 20.9. The highest BCUT2D eigenvalue weighted by Gasteiger charge is 2.33. The Morgan fingerprint density at radius 3 is 2.31 bits per heavy atom. The van der Waals surface area contributed by atoms with Crippen molar-refractivity contribution in [3.05, 3.63) is 70.5 Å². The first-order valence-corrected chi connectivity index (χ1v) is 12.9. The average Bonchev–Trinajstić information content (AvgIpc) is 2.88. The summed E-state index contributed by atoms with van der Waals surface area (Å²) in [5, 5.41) is 16.2. The van der Waals surface area contributed by atoms with Crippen LogP contribution in [0.2, 0.25) is 5.02 Å². The number of halogens is 2. The van der Waals surface area contributed by atoms with Crippen LogP contribution >= 0.6 is 11.6 Å². The van der Waals surface area contributed by atoms with E-state index >= 15 is 0 Å². The summed E-state index contributed by atoms with van der Waals surface area (Å²) in [7, 11) is 0. The molecule has 2 saturated heterocycles. The number of aliphatic hydroxyl groups is 1. The summed E-state index contributed by atoms with van der Waals surface area (Å²) in [6.45, 7) is 7.26. The molecule has 0 atom stereocenters. The van der Waals surface area contributed by atoms with Crippen molar-refractivity contribution in [3.63, 3.8) is 0 Å². The Morgan fingerprint density at radius 2 is 1.63 bits per heavy atom. The molecule has 6 nitrogen and oxygen atoms in total. The summed E-state index contributed by atoms with van der Waals surface area (Å²) in [5.74, 6) is -0.261. The van der Waals surface area contributed by atoms with Crippen molar-refractivity contribution in [1.29, 1.82) is 0 Å². The van der Waals surface area contributed by atoms with Crippen LogP contribution in [0.3, 0.4) is 0 Å². The molecular weight excluding hydrogens is 469 g/mol. The molecule has 2 aliphatic rings. The minimum absolute atomic E-state index is 0.261. The first-order valence-electron chi connectivity index (χ1n) is 12.5. The van der Waals surface area contributed by atoms with Crippen LogP contribution in [0.4, 0.5) is 4.39 Å². The fraction of sp³-hybridized carbons (Fsp3) is 0.519. The van der Waals surface area contributed by atoms with Crippen molar-refractivity contribution in [3.8, 4) is 0 Å². The van der Waals surface area contributed by atoms with Crippen molar-refractivity contribution in [2.24, 2.45) is 5.16 Å². The predicted molar refractivity (Wildman–Crippen MR) is 136 cm³/mol. The second-order valence-corrected chi connectivity index (χ2v) is 9.75. The van der Waals surface area contributed by atoms with Crippen LogP contribution in [0.5, 0.6) is 0 Å². The lowest BCUT2D eigenvalue weighted by molar-refractivity contribution is -0.0259. The third kappa shape index (κ3) is 7.72. The van der Waals surface area contributed by atoms with Gasteiger partial charge in [0.05, 0.1) is 24.5 Å². The normalized spacial score (nSPS) is 19.6. The average molecular weight is 504 g/mol. The molecule has 2 aromatic carbocycles. The van der Waals surface area contributed by atoms with Gasteiger partial charge in [-0.05, 0) is 67.6 Å². The van der Waals surface area contributed by atoms with Gasteiger partial charge in [-0.25, -0.2) is 4.39 Å². The Hall–Kier alpha value is -2.03. The van der Waals surface area contributed by atoms with Crippen LogP contribution in [0, 0.1) is 5.82 Å². The van der Waals surface area contributed by atoms with E-state index in [1.165, 1.54) is 12.1 Å². The third-order valence-electron chi connectivity index (χ3n) is 6.91. The molecule has 2 heterocycles. The largest absolute Gasteiger partial charge is 0.394 e. The number of hydrogen-bond donors (Lipinski definition) is 1. The number of nitrogens with zero attached hydrogens (tertiary/aromatic N) is 3. The van der Waals surface area contributed by atoms with E-state index in [0.29, 0.717) is 24.5 Å². The SMILES string of the molecule is OC1(c2ccc(Cl)cc2)CCN(CCC/C(=N/OCCN2CCOCC2)c2ccc(F)cc2)CC1. The number of oxime groups is 1. The topological polar surface area (TPSA) is 57.5 Å². The molecule has 2 aliphatic heterocycles. The van der Waals surface area contributed by atoms with E-state index in [1.807, 2.05) is 24.3 Å². The lowest BCUT2D eigenvalue weighted by atomic mass is 9.84. The van der Waals surface area contributed by atoms with Crippen LogP contribution in [-0.2, 0) is 15.2 Å². The zero-order chi connectivity index (χ0) is 24.5. The highest BCUT2D eigenvalue weighted by atomic mass is 35.5. The summed E-state index contributed by atoms with van der Waals surface area (Å²) in [6, 6.07) is 13.9. The minimum Gasteiger partial charge on any atom is -0.394 e. The van der Waals surface area contributed by atoms with Crippen molar-refractivity contribution in [2.45, 2.75) is 31.3 Å². The quantitative estimate of drug-likeness (QED) is 0.298. The van der Waals surface area contributed by atoms with Gasteiger partial charge in [-0.2, -0.15) is 0 Å². The van der Waals surface area contributed by atoms with E-state index in [0.717, 1.165) is 82.2 Å². The molecule has 0 radical (unpaired) electrons. The van der Waals surface area contributed by atoms with E-state index in [9.17, 15) is 9.50 Å². The lowest BCUT2D eigenvalue weighted by Gasteiger charge is -2.38. The van der Waals surface area contributed by atoms with Crippen molar-refractivity contribution in [1.82, 2.24) is 9.80 Å². The standard InChI is InChI=1S/C27H35ClFN3O3/c28-24-7-5-23(6-8-24)27(33)11-14-31(15-12-27)13-1-2-26(22-3-9-25(29)10-4-22)30-35-21-18-32-16-19-34-20-17-32/h3-10,33H,1-2,11-21H2/b30-26-. The van der Waals surface area contributed by atoms with Crippen molar-refractivity contribution >= 4 is 17.3 Å². The maximum absolute atomic E-state index is 13.4. The van der Waals surface area contributed by atoms with Crippen LogP contribution in [0.15, 0.2) is 53.7 Å². The molecule has 0 aromatic heterocycles. The number of benzene rings is 2. The summed E-state index contributed by atoms with van der Waals surface area (Å²) in [5.41, 5.74) is 1.85. The van der Waals surface area contributed by atoms with Gasteiger partial charge >= 0.3 is 0 Å². The molecule has 2 fully saturated rings. The Kier molecular flexibility index (Phi) is 9.52. The first kappa shape index (κ1) is 26.0. The van der Waals surface area contributed by atoms with Gasteiger partial charge < -0.3 is 19.6 Å². The fourth-order valence-electron chi connectivity index (χ4n) is 4.67. The molecule has 0 spiro atoms. The molecule has 0 bridgehead atoms. The second kappa shape index (κ2) is 12.8. The molecule has 0 saturated carbocycles. The van der Waals surface area contributed by atoms with Gasteiger partial charge in [0.1, 0.15) is 12.4 Å². The number of rotatable bonds is 10. The Morgan fingerprint density at radius 1 is 0.971 bits per heavy atom. The minimum atomic E-state index is -0.795. The van der Waals surface area contributed by atoms with Crippen molar-refractivity contribution < 1.29 is 19.1 Å². The van der Waals surface area contributed by atoms with Gasteiger partial charge in [-0.15, -0.1) is 0 Å². The highest BCUT2D eigenvalue weighted by Crippen LogP contribution is 2.33. The molecule has 35 heavy (non-hydrogen) atoms. The van der Waals surface area contributed by atoms with E-state index in [4.69, 9.17) is 21.2 Å². The number of hydrogen-bond acceptors (Lipinski definition) is 6. The van der Waals surface area contributed by atoms with Gasteiger partial charge in [0.15, 0.2) is 0 Å². The van der Waals surface area contributed by atoms with Crippen LogP contribution in [0.1, 0.15) is 36.8 Å². The van der Waals surface area contributed by atoms with Crippen LogP contribution in [0.25, 0.3) is 0 Å². The Balaban J connectivity index is 1.26. The van der Waals surface area contributed by atoms with Gasteiger partial charge in [0, 0.05) is 37.7 Å². The molecule has 8 heteroatoms. The van der Waals surface area contributed by atoms with Crippen LogP contribution < -0.4 is 0 Å². The number of piperidine rings is 1. The van der Waals surface area contributed by atoms with Gasteiger partial charge in [-0.1, -0.05) is 41.0 Å². The number of likely N-dealkylation sites (tertiary alicyclic amines) is 1. The summed E-state index contributed by atoms with van der Waals surface area (Å²) < 4.78 is 18.8. The molecule has 0 aliphatic carbocycles. The number of ether oxygens (including phenoxy) is 1. The van der Waals surface area contributed by atoms with E-state index in [2.05, 4.69) is 15.0 Å². The Labute approximate surface area is 212 Å². The second-order valence-electron chi connectivity index (χ2n) is 9.32. The Bertz CT molecular complexity index is 941. The summed E-state index contributed by atoms with van der Waals surface area (Å²) >= 11 is 6.00. The predicted octanol–water partition coefficient (Wildman–Crippen LogP) is 4.30. The zero-order valence-electron chi connectivity index (χ0n) is 20.2. The molecular formula is C27H35ClFN3O3. The summed E-state index contributed by atoms with van der Waals surface area (Å²) in [4.78, 5) is 10.4. The van der Waals surface area contributed by atoms with Gasteiger partial charge in [-0.3, -0.25) is 4.90 Å². The monoisotopic (exact) mass is 503 g/mol. The van der Waals surface area contributed by atoms with Crippen molar-refractivity contribution in [2.75, 3.05) is 59.1 Å². The molecule has 4 rings (SSSR count). The fourth-order valence-corrected chi connectivity index (χ4v) is 4.79. The number of morpholine rings is 1.